The number of hydrogen-bond acceptors (Lipinski definition) is 4. The average Bonchev–Trinajstić information content (AvgIpc) is 3.28. The number of carbonyl (C=O) groups is 1. The van der Waals surface area contributed by atoms with Crippen molar-refractivity contribution in [2.45, 2.75) is 38.5 Å². The Morgan fingerprint density at radius 2 is 1.65 bits per heavy atom. The Morgan fingerprint density at radius 1 is 1.03 bits per heavy atom. The molecular formula is C28H28ClN3O2. The number of amides is 1. The molecule has 0 aromatic heterocycles. The number of halogens is 1. The maximum Gasteiger partial charge on any atom is 0.251 e. The van der Waals surface area contributed by atoms with Crippen molar-refractivity contribution < 1.29 is 9.53 Å². The number of nitriles is 1. The minimum Gasteiger partial charge on any atom is -0.491 e. The van der Waals surface area contributed by atoms with Crippen LogP contribution >= 0.6 is 11.6 Å². The van der Waals surface area contributed by atoms with Crippen LogP contribution in [-0.4, -0.2) is 36.0 Å². The number of benzene rings is 3. The van der Waals surface area contributed by atoms with Crippen molar-refractivity contribution >= 4 is 17.5 Å². The van der Waals surface area contributed by atoms with Gasteiger partial charge in [0.25, 0.3) is 5.91 Å². The molecule has 1 aliphatic rings. The first-order valence-corrected chi connectivity index (χ1v) is 11.9. The lowest BCUT2D eigenvalue weighted by Gasteiger charge is -2.29. The topological polar surface area (TPSA) is 65.4 Å². The van der Waals surface area contributed by atoms with E-state index >= 15 is 0 Å². The van der Waals surface area contributed by atoms with Gasteiger partial charge in [0.15, 0.2) is 0 Å². The molecule has 174 valence electrons. The van der Waals surface area contributed by atoms with E-state index in [1.807, 2.05) is 50.2 Å². The van der Waals surface area contributed by atoms with Crippen molar-refractivity contribution in [3.8, 4) is 11.8 Å². The number of rotatable bonds is 7. The maximum absolute atomic E-state index is 12.7. The Hall–Kier alpha value is -3.33. The molecule has 1 fully saturated rings. The van der Waals surface area contributed by atoms with Crippen molar-refractivity contribution in [2.24, 2.45) is 0 Å². The van der Waals surface area contributed by atoms with Crippen molar-refractivity contribution in [1.29, 1.82) is 5.26 Å². The highest BCUT2D eigenvalue weighted by Crippen LogP contribution is 2.33. The van der Waals surface area contributed by atoms with Crippen LogP contribution in [0.5, 0.6) is 5.75 Å². The Balaban J connectivity index is 1.53. The van der Waals surface area contributed by atoms with Gasteiger partial charge in [-0.15, -0.1) is 0 Å². The van der Waals surface area contributed by atoms with Crippen LogP contribution < -0.4 is 10.1 Å². The third-order valence-electron chi connectivity index (χ3n) is 5.95. The number of likely N-dealkylation sites (tertiary alicyclic amines) is 1. The van der Waals surface area contributed by atoms with Gasteiger partial charge in [-0.05, 0) is 79.9 Å². The van der Waals surface area contributed by atoms with Gasteiger partial charge >= 0.3 is 0 Å². The van der Waals surface area contributed by atoms with Crippen LogP contribution in [0, 0.1) is 11.3 Å². The molecule has 3 aromatic carbocycles. The highest BCUT2D eigenvalue weighted by atomic mass is 35.5. The molecule has 0 saturated carbocycles. The monoisotopic (exact) mass is 473 g/mol. The zero-order chi connectivity index (χ0) is 24.1. The summed E-state index contributed by atoms with van der Waals surface area (Å²) in [5, 5.41) is 13.0. The molecule has 6 heteroatoms. The fraction of sp³-hybridized carbons (Fsp3) is 0.286. The fourth-order valence-corrected chi connectivity index (χ4v) is 4.49. The zero-order valence-corrected chi connectivity index (χ0v) is 20.1. The first-order chi connectivity index (χ1) is 16.4. The molecule has 0 radical (unpaired) electrons. The molecule has 4 rings (SSSR count). The minimum atomic E-state index is -0.0892. The predicted octanol–water partition coefficient (Wildman–Crippen LogP) is 5.59. The molecule has 1 unspecified atom stereocenters. The van der Waals surface area contributed by atoms with Crippen molar-refractivity contribution in [3.63, 3.8) is 0 Å². The van der Waals surface area contributed by atoms with Crippen LogP contribution in [0.3, 0.4) is 0 Å². The van der Waals surface area contributed by atoms with Crippen LogP contribution in [0.25, 0.3) is 0 Å². The van der Waals surface area contributed by atoms with Crippen LogP contribution in [0.4, 0.5) is 0 Å². The lowest BCUT2D eigenvalue weighted by molar-refractivity contribution is 0.0937. The Labute approximate surface area is 205 Å². The van der Waals surface area contributed by atoms with E-state index in [4.69, 9.17) is 16.3 Å². The van der Waals surface area contributed by atoms with Gasteiger partial charge in [-0.25, -0.2) is 0 Å². The average molecular weight is 474 g/mol. The summed E-state index contributed by atoms with van der Waals surface area (Å²) >= 11 is 5.95. The van der Waals surface area contributed by atoms with Crippen LogP contribution in [0.1, 0.15) is 53.4 Å². The summed E-state index contributed by atoms with van der Waals surface area (Å²) in [5.41, 5.74) is 3.50. The highest BCUT2D eigenvalue weighted by molar-refractivity contribution is 6.30. The molecule has 5 nitrogen and oxygen atoms in total. The van der Waals surface area contributed by atoms with Gasteiger partial charge in [0, 0.05) is 29.7 Å². The van der Waals surface area contributed by atoms with E-state index in [1.165, 1.54) is 0 Å². The maximum atomic E-state index is 12.7. The second kappa shape index (κ2) is 10.7. The lowest BCUT2D eigenvalue weighted by Crippen LogP contribution is -2.38. The molecule has 1 N–H and O–H groups in total. The molecule has 1 amide bonds. The summed E-state index contributed by atoms with van der Waals surface area (Å²) < 4.78 is 5.82. The Morgan fingerprint density at radius 3 is 2.24 bits per heavy atom. The highest BCUT2D eigenvalue weighted by Gasteiger charge is 2.31. The molecule has 1 saturated heterocycles. The summed E-state index contributed by atoms with van der Waals surface area (Å²) in [6, 6.07) is 25.1. The van der Waals surface area contributed by atoms with Crippen molar-refractivity contribution in [2.75, 3.05) is 13.1 Å². The second-order valence-electron chi connectivity index (χ2n) is 8.83. The van der Waals surface area contributed by atoms with E-state index in [2.05, 4.69) is 28.4 Å². The number of nitrogens with one attached hydrogen (secondary N) is 1. The third kappa shape index (κ3) is 5.77. The summed E-state index contributed by atoms with van der Waals surface area (Å²) in [4.78, 5) is 15.1. The summed E-state index contributed by atoms with van der Waals surface area (Å²) in [6.07, 6.45) is 0.976. The van der Waals surface area contributed by atoms with Gasteiger partial charge in [0.05, 0.1) is 23.8 Å². The molecule has 0 aliphatic carbocycles. The minimum absolute atomic E-state index is 0.0123. The van der Waals surface area contributed by atoms with E-state index < -0.39 is 0 Å². The van der Waals surface area contributed by atoms with E-state index in [1.54, 1.807) is 24.3 Å². The van der Waals surface area contributed by atoms with Gasteiger partial charge in [0.1, 0.15) is 5.75 Å². The van der Waals surface area contributed by atoms with E-state index in [0.29, 0.717) is 16.1 Å². The first kappa shape index (κ1) is 23.8. The summed E-state index contributed by atoms with van der Waals surface area (Å²) in [5.74, 6) is 0.750. The largest absolute Gasteiger partial charge is 0.491 e. The third-order valence-corrected chi connectivity index (χ3v) is 6.20. The summed E-state index contributed by atoms with van der Waals surface area (Å²) in [6.45, 7) is 5.60. The lowest BCUT2D eigenvalue weighted by atomic mass is 9.96. The normalized spacial score (nSPS) is 16.7. The molecule has 34 heavy (non-hydrogen) atoms. The van der Waals surface area contributed by atoms with Gasteiger partial charge in [0.2, 0.25) is 0 Å². The van der Waals surface area contributed by atoms with Crippen LogP contribution in [0.15, 0.2) is 72.8 Å². The smallest absolute Gasteiger partial charge is 0.251 e. The Bertz CT molecular complexity index is 1150. The van der Waals surface area contributed by atoms with Gasteiger partial charge in [-0.3, -0.25) is 9.69 Å². The molecule has 1 heterocycles. The number of hydrogen-bond donors (Lipinski definition) is 1. The zero-order valence-electron chi connectivity index (χ0n) is 19.4. The standard InChI is InChI=1S/C28H28ClN3O2/c1-19(2)34-26-13-9-22(10-14-26)27(21-5-3-20(17-30)4-6-21)32-16-15-25(18-32)31-28(33)23-7-11-24(29)12-8-23/h3-14,19,25,27H,15-16,18H2,1-2H3,(H,31,33)/t25-,27?/m1/s1. The second-order valence-corrected chi connectivity index (χ2v) is 9.27. The fourth-order valence-electron chi connectivity index (χ4n) is 4.36. The van der Waals surface area contributed by atoms with Gasteiger partial charge in [-0.2, -0.15) is 5.26 Å². The van der Waals surface area contributed by atoms with Gasteiger partial charge < -0.3 is 10.1 Å². The quantitative estimate of drug-likeness (QED) is 0.485. The number of carbonyl (C=O) groups excluding carboxylic acids is 1. The van der Waals surface area contributed by atoms with E-state index in [0.717, 1.165) is 36.4 Å². The van der Waals surface area contributed by atoms with Gasteiger partial charge in [-0.1, -0.05) is 35.9 Å². The molecule has 0 spiro atoms. The summed E-state index contributed by atoms with van der Waals surface area (Å²) in [7, 11) is 0. The molecule has 3 aromatic rings. The predicted molar refractivity (Wildman–Crippen MR) is 134 cm³/mol. The Kier molecular flexibility index (Phi) is 7.52. The van der Waals surface area contributed by atoms with Crippen LogP contribution in [-0.2, 0) is 0 Å². The van der Waals surface area contributed by atoms with Crippen molar-refractivity contribution in [1.82, 2.24) is 10.2 Å². The van der Waals surface area contributed by atoms with E-state index in [9.17, 15) is 10.1 Å². The molecule has 0 bridgehead atoms. The van der Waals surface area contributed by atoms with Crippen LogP contribution in [0.2, 0.25) is 5.02 Å². The van der Waals surface area contributed by atoms with Crippen molar-refractivity contribution in [3.05, 3.63) is 100 Å². The number of nitrogens with zero attached hydrogens (tertiary/aromatic N) is 2. The van der Waals surface area contributed by atoms with E-state index in [-0.39, 0.29) is 24.1 Å². The SMILES string of the molecule is CC(C)Oc1ccc(C(c2ccc(C#N)cc2)N2CC[C@@H](NC(=O)c3ccc(Cl)cc3)C2)cc1. The first-order valence-electron chi connectivity index (χ1n) is 11.5. The number of ether oxygens (including phenoxy) is 1. The molecule has 1 aliphatic heterocycles. The molecule has 2 atom stereocenters. The molecular weight excluding hydrogens is 446 g/mol.